The van der Waals surface area contributed by atoms with Crippen molar-refractivity contribution in [2.24, 2.45) is 17.6 Å². The Kier molecular flexibility index (Phi) is 7.45. The fourth-order valence-corrected chi connectivity index (χ4v) is 2.04. The predicted octanol–water partition coefficient (Wildman–Crippen LogP) is 3.45. The zero-order chi connectivity index (χ0) is 14.3. The van der Waals surface area contributed by atoms with Crippen LogP contribution in [0.25, 0.3) is 0 Å². The van der Waals surface area contributed by atoms with Crippen LogP contribution in [-0.4, -0.2) is 16.6 Å². The Morgan fingerprint density at radius 2 is 1.89 bits per heavy atom. The Bertz CT molecular complexity index is 282. The summed E-state index contributed by atoms with van der Waals surface area (Å²) >= 11 is 5.06. The topological polar surface area (TPSA) is 52.3 Å². The Morgan fingerprint density at radius 3 is 2.28 bits per heavy atom. The molecule has 0 saturated heterocycles. The number of ether oxygens (including phenoxy) is 1. The van der Waals surface area contributed by atoms with E-state index < -0.39 is 5.60 Å². The van der Waals surface area contributed by atoms with Gasteiger partial charge in [-0.05, 0) is 46.0 Å². The first-order chi connectivity index (χ1) is 8.11. The van der Waals surface area contributed by atoms with Crippen LogP contribution < -0.4 is 5.73 Å². The number of esters is 1. The van der Waals surface area contributed by atoms with Gasteiger partial charge < -0.3 is 10.5 Å². The van der Waals surface area contributed by atoms with E-state index in [9.17, 15) is 4.79 Å². The van der Waals surface area contributed by atoms with Gasteiger partial charge in [0.25, 0.3) is 0 Å². The number of nitrogens with two attached hydrogens (primary N) is 1. The van der Waals surface area contributed by atoms with Crippen molar-refractivity contribution in [1.82, 2.24) is 0 Å². The van der Waals surface area contributed by atoms with Crippen molar-refractivity contribution in [3.63, 3.8) is 0 Å². The van der Waals surface area contributed by atoms with E-state index >= 15 is 0 Å². The van der Waals surface area contributed by atoms with Crippen molar-refractivity contribution in [2.75, 3.05) is 0 Å². The van der Waals surface area contributed by atoms with Crippen LogP contribution >= 0.6 is 12.2 Å². The molecule has 0 amide bonds. The van der Waals surface area contributed by atoms with Gasteiger partial charge in [0.15, 0.2) is 0 Å². The monoisotopic (exact) mass is 273 g/mol. The standard InChI is InChI=1S/C14H27NO2S/c1-10(2)9-11(13(15)18)7-6-8-12(16)17-14(3,4)5/h10-11H,6-9H2,1-5H3,(H2,15,18). The summed E-state index contributed by atoms with van der Waals surface area (Å²) in [6.07, 6.45) is 3.08. The zero-order valence-electron chi connectivity index (χ0n) is 12.3. The molecule has 0 aliphatic carbocycles. The van der Waals surface area contributed by atoms with Crippen LogP contribution in [0.15, 0.2) is 0 Å². The molecule has 1 atom stereocenters. The fourth-order valence-electron chi connectivity index (χ4n) is 1.83. The lowest BCUT2D eigenvalue weighted by Crippen LogP contribution is -2.25. The summed E-state index contributed by atoms with van der Waals surface area (Å²) < 4.78 is 5.26. The van der Waals surface area contributed by atoms with Crippen molar-refractivity contribution < 1.29 is 9.53 Å². The molecule has 0 aromatic heterocycles. The second kappa shape index (κ2) is 7.72. The van der Waals surface area contributed by atoms with E-state index in [4.69, 9.17) is 22.7 Å². The van der Waals surface area contributed by atoms with Crippen LogP contribution in [0.5, 0.6) is 0 Å². The van der Waals surface area contributed by atoms with Gasteiger partial charge >= 0.3 is 5.97 Å². The van der Waals surface area contributed by atoms with Crippen molar-refractivity contribution in [2.45, 2.75) is 65.9 Å². The van der Waals surface area contributed by atoms with E-state index in [0.717, 1.165) is 19.3 Å². The molecule has 0 bridgehead atoms. The summed E-state index contributed by atoms with van der Waals surface area (Å²) in [5.74, 6) is 0.661. The predicted molar refractivity (Wildman–Crippen MR) is 79.4 cm³/mol. The molecule has 0 rings (SSSR count). The first kappa shape index (κ1) is 17.4. The molecule has 0 saturated carbocycles. The number of hydrogen-bond donors (Lipinski definition) is 1. The Morgan fingerprint density at radius 1 is 1.33 bits per heavy atom. The van der Waals surface area contributed by atoms with E-state index in [1.165, 1.54) is 0 Å². The minimum atomic E-state index is -0.405. The molecule has 2 N–H and O–H groups in total. The van der Waals surface area contributed by atoms with Crippen LogP contribution in [0.1, 0.15) is 60.3 Å². The first-order valence-corrected chi connectivity index (χ1v) is 7.04. The Labute approximate surface area is 116 Å². The first-order valence-electron chi connectivity index (χ1n) is 6.63. The molecule has 106 valence electrons. The highest BCUT2D eigenvalue weighted by atomic mass is 32.1. The average molecular weight is 273 g/mol. The van der Waals surface area contributed by atoms with Crippen molar-refractivity contribution in [1.29, 1.82) is 0 Å². The summed E-state index contributed by atoms with van der Waals surface area (Å²) in [4.78, 5) is 12.1. The van der Waals surface area contributed by atoms with Crippen LogP contribution in [0, 0.1) is 11.8 Å². The van der Waals surface area contributed by atoms with Crippen LogP contribution in [-0.2, 0) is 9.53 Å². The number of carbonyl (C=O) groups is 1. The SMILES string of the molecule is CC(C)CC(CCCC(=O)OC(C)(C)C)C(N)=S. The molecular formula is C14H27NO2S. The van der Waals surface area contributed by atoms with Crippen molar-refractivity contribution in [3.05, 3.63) is 0 Å². The lowest BCUT2D eigenvalue weighted by Gasteiger charge is -2.20. The third kappa shape index (κ3) is 9.40. The maximum Gasteiger partial charge on any atom is 0.306 e. The summed E-state index contributed by atoms with van der Waals surface area (Å²) in [6.45, 7) is 9.93. The summed E-state index contributed by atoms with van der Waals surface area (Å²) in [5.41, 5.74) is 5.31. The molecule has 0 fully saturated rings. The highest BCUT2D eigenvalue weighted by Crippen LogP contribution is 2.19. The molecule has 0 spiro atoms. The number of thiocarbonyl (C=S) groups is 1. The number of hydrogen-bond acceptors (Lipinski definition) is 3. The molecule has 0 aromatic rings. The molecule has 3 nitrogen and oxygen atoms in total. The van der Waals surface area contributed by atoms with E-state index in [1.54, 1.807) is 0 Å². The highest BCUT2D eigenvalue weighted by molar-refractivity contribution is 7.80. The van der Waals surface area contributed by atoms with E-state index in [2.05, 4.69) is 13.8 Å². The second-order valence-electron chi connectivity index (χ2n) is 6.21. The Hall–Kier alpha value is -0.640. The summed E-state index contributed by atoms with van der Waals surface area (Å²) in [5, 5.41) is 0. The largest absolute Gasteiger partial charge is 0.460 e. The molecule has 1 unspecified atom stereocenters. The molecule has 0 heterocycles. The fraction of sp³-hybridized carbons (Fsp3) is 0.857. The van der Waals surface area contributed by atoms with E-state index in [-0.39, 0.29) is 11.9 Å². The quantitative estimate of drug-likeness (QED) is 0.570. The van der Waals surface area contributed by atoms with Crippen LogP contribution in [0.2, 0.25) is 0 Å². The molecule has 0 aliphatic rings. The average Bonchev–Trinajstić information content (AvgIpc) is 2.12. The second-order valence-corrected chi connectivity index (χ2v) is 6.68. The minimum Gasteiger partial charge on any atom is -0.460 e. The Balaban J connectivity index is 4.00. The number of rotatable bonds is 7. The third-order valence-electron chi connectivity index (χ3n) is 2.51. The molecular weight excluding hydrogens is 246 g/mol. The van der Waals surface area contributed by atoms with E-state index in [1.807, 2.05) is 20.8 Å². The lowest BCUT2D eigenvalue weighted by molar-refractivity contribution is -0.154. The van der Waals surface area contributed by atoms with Crippen LogP contribution in [0.4, 0.5) is 0 Å². The van der Waals surface area contributed by atoms with Gasteiger partial charge in [0.1, 0.15) is 5.60 Å². The molecule has 4 heteroatoms. The van der Waals surface area contributed by atoms with Gasteiger partial charge in [-0.2, -0.15) is 0 Å². The molecule has 0 aromatic carbocycles. The highest BCUT2D eigenvalue weighted by Gasteiger charge is 2.18. The normalized spacial score (nSPS) is 13.4. The van der Waals surface area contributed by atoms with Gasteiger partial charge in [-0.25, -0.2) is 0 Å². The molecule has 0 aliphatic heterocycles. The number of carbonyl (C=O) groups excluding carboxylic acids is 1. The van der Waals surface area contributed by atoms with Gasteiger partial charge in [-0.3, -0.25) is 4.79 Å². The van der Waals surface area contributed by atoms with Gasteiger partial charge in [0, 0.05) is 12.3 Å². The van der Waals surface area contributed by atoms with Gasteiger partial charge in [0.05, 0.1) is 4.99 Å². The van der Waals surface area contributed by atoms with Crippen molar-refractivity contribution >= 4 is 23.2 Å². The minimum absolute atomic E-state index is 0.145. The smallest absolute Gasteiger partial charge is 0.306 e. The van der Waals surface area contributed by atoms with Gasteiger partial charge in [-0.15, -0.1) is 0 Å². The zero-order valence-corrected chi connectivity index (χ0v) is 13.1. The molecule has 0 radical (unpaired) electrons. The van der Waals surface area contributed by atoms with Gasteiger partial charge in [0.2, 0.25) is 0 Å². The van der Waals surface area contributed by atoms with Crippen LogP contribution in [0.3, 0.4) is 0 Å². The third-order valence-corrected chi connectivity index (χ3v) is 2.85. The molecule has 18 heavy (non-hydrogen) atoms. The maximum absolute atomic E-state index is 11.5. The summed E-state index contributed by atoms with van der Waals surface area (Å²) in [6, 6.07) is 0. The maximum atomic E-state index is 11.5. The van der Waals surface area contributed by atoms with Gasteiger partial charge in [-0.1, -0.05) is 26.1 Å². The van der Waals surface area contributed by atoms with Crippen molar-refractivity contribution in [3.8, 4) is 0 Å². The van der Waals surface area contributed by atoms with E-state index in [0.29, 0.717) is 17.3 Å². The lowest BCUT2D eigenvalue weighted by atomic mass is 9.92. The summed E-state index contributed by atoms with van der Waals surface area (Å²) in [7, 11) is 0.